The molecule has 0 aliphatic rings. The molecular weight excluding hydrogens is 402 g/mol. The quantitative estimate of drug-likeness (QED) is 0.483. The Hall–Kier alpha value is -2.42. The molecule has 1 aromatic carbocycles. The number of fused-ring (bicyclic) bond motifs is 1. The van der Waals surface area contributed by atoms with Crippen molar-refractivity contribution in [3.05, 3.63) is 64.5 Å². The standard InChI is InChI=1S/C18H14ClN5OS2/c19-13-5-2-1-4-12(13)10-20-16(25)11-27-17-8-7-15-21-22-18(24(15)23-17)14-6-3-9-26-14/h1-9H,10-11H2,(H,20,25). The van der Waals surface area contributed by atoms with E-state index in [1.807, 2.05) is 47.8 Å². The van der Waals surface area contributed by atoms with Gasteiger partial charge in [-0.15, -0.1) is 21.5 Å². The number of rotatable bonds is 6. The highest BCUT2D eigenvalue weighted by Gasteiger charge is 2.12. The van der Waals surface area contributed by atoms with E-state index in [0.717, 1.165) is 15.5 Å². The van der Waals surface area contributed by atoms with Crippen LogP contribution in [0.25, 0.3) is 16.3 Å². The second-order valence-electron chi connectivity index (χ2n) is 5.60. The van der Waals surface area contributed by atoms with Crippen molar-refractivity contribution in [1.29, 1.82) is 0 Å². The van der Waals surface area contributed by atoms with Crippen molar-refractivity contribution in [2.24, 2.45) is 0 Å². The number of hydrogen-bond acceptors (Lipinski definition) is 6. The van der Waals surface area contributed by atoms with Gasteiger partial charge in [0, 0.05) is 11.6 Å². The van der Waals surface area contributed by atoms with Gasteiger partial charge in [0.25, 0.3) is 0 Å². The maximum Gasteiger partial charge on any atom is 0.230 e. The summed E-state index contributed by atoms with van der Waals surface area (Å²) >= 11 is 9.05. The molecule has 0 aliphatic carbocycles. The summed E-state index contributed by atoms with van der Waals surface area (Å²) < 4.78 is 1.70. The van der Waals surface area contributed by atoms with Gasteiger partial charge < -0.3 is 5.32 Å². The summed E-state index contributed by atoms with van der Waals surface area (Å²) in [5.41, 5.74) is 1.56. The molecule has 0 saturated heterocycles. The molecule has 0 radical (unpaired) electrons. The maximum absolute atomic E-state index is 12.1. The summed E-state index contributed by atoms with van der Waals surface area (Å²) in [6, 6.07) is 15.1. The maximum atomic E-state index is 12.1. The van der Waals surface area contributed by atoms with Crippen molar-refractivity contribution in [3.8, 4) is 10.7 Å². The number of halogens is 1. The number of benzene rings is 1. The Morgan fingerprint density at radius 3 is 2.85 bits per heavy atom. The average Bonchev–Trinajstić information content (AvgIpc) is 3.34. The van der Waals surface area contributed by atoms with Gasteiger partial charge in [0.15, 0.2) is 11.5 Å². The Balaban J connectivity index is 1.41. The zero-order valence-electron chi connectivity index (χ0n) is 14.0. The first kappa shape index (κ1) is 18.0. The largest absolute Gasteiger partial charge is 0.351 e. The van der Waals surface area contributed by atoms with E-state index in [1.54, 1.807) is 21.9 Å². The van der Waals surface area contributed by atoms with Crippen LogP contribution in [0.3, 0.4) is 0 Å². The summed E-state index contributed by atoms with van der Waals surface area (Å²) in [4.78, 5) is 13.1. The molecule has 0 saturated carbocycles. The Morgan fingerprint density at radius 2 is 2.04 bits per heavy atom. The Bertz CT molecular complexity index is 1080. The summed E-state index contributed by atoms with van der Waals surface area (Å²) in [5.74, 6) is 0.883. The molecule has 1 N–H and O–H groups in total. The number of carbonyl (C=O) groups excluding carboxylic acids is 1. The topological polar surface area (TPSA) is 72.2 Å². The molecule has 6 nitrogen and oxygen atoms in total. The number of amides is 1. The van der Waals surface area contributed by atoms with E-state index in [0.29, 0.717) is 23.0 Å². The molecule has 3 heterocycles. The molecular formula is C18H14ClN5OS2. The summed E-state index contributed by atoms with van der Waals surface area (Å²) in [6.45, 7) is 0.402. The van der Waals surface area contributed by atoms with Crippen LogP contribution in [0.4, 0.5) is 0 Å². The van der Waals surface area contributed by atoms with Crippen molar-refractivity contribution < 1.29 is 4.79 Å². The third-order valence-electron chi connectivity index (χ3n) is 3.76. The van der Waals surface area contributed by atoms with Crippen molar-refractivity contribution >= 4 is 46.3 Å². The first-order valence-electron chi connectivity index (χ1n) is 8.10. The Morgan fingerprint density at radius 1 is 1.15 bits per heavy atom. The molecule has 9 heteroatoms. The van der Waals surface area contributed by atoms with E-state index >= 15 is 0 Å². The van der Waals surface area contributed by atoms with Gasteiger partial charge in [-0.2, -0.15) is 9.61 Å². The zero-order chi connectivity index (χ0) is 18.6. The van der Waals surface area contributed by atoms with Crippen molar-refractivity contribution in [2.75, 3.05) is 5.75 Å². The smallest absolute Gasteiger partial charge is 0.230 e. The molecule has 27 heavy (non-hydrogen) atoms. The van der Waals surface area contributed by atoms with Gasteiger partial charge in [-0.05, 0) is 35.2 Å². The lowest BCUT2D eigenvalue weighted by molar-refractivity contribution is -0.118. The summed E-state index contributed by atoms with van der Waals surface area (Å²) in [5, 5.41) is 19.1. The third-order valence-corrected chi connectivity index (χ3v) is 5.92. The Labute approximate surface area is 168 Å². The minimum absolute atomic E-state index is 0.0796. The van der Waals surface area contributed by atoms with Gasteiger partial charge in [-0.3, -0.25) is 4.79 Å². The molecule has 1 amide bonds. The second kappa shape index (κ2) is 8.08. The van der Waals surface area contributed by atoms with E-state index in [-0.39, 0.29) is 11.7 Å². The number of carbonyl (C=O) groups is 1. The number of nitrogens with one attached hydrogen (secondary N) is 1. The first-order chi connectivity index (χ1) is 13.2. The fourth-order valence-electron chi connectivity index (χ4n) is 2.43. The number of aromatic nitrogens is 4. The molecule has 0 unspecified atom stereocenters. The first-order valence-corrected chi connectivity index (χ1v) is 10.3. The Kier molecular flexibility index (Phi) is 5.38. The molecule has 0 spiro atoms. The lowest BCUT2D eigenvalue weighted by atomic mass is 10.2. The van der Waals surface area contributed by atoms with E-state index in [1.165, 1.54) is 11.8 Å². The molecule has 3 aromatic heterocycles. The van der Waals surface area contributed by atoms with Crippen LogP contribution in [-0.2, 0) is 11.3 Å². The van der Waals surface area contributed by atoms with Gasteiger partial charge in [0.05, 0.1) is 10.6 Å². The fourth-order valence-corrected chi connectivity index (χ4v) is 4.02. The van der Waals surface area contributed by atoms with Gasteiger partial charge in [-0.25, -0.2) is 0 Å². The highest BCUT2D eigenvalue weighted by Crippen LogP contribution is 2.24. The van der Waals surface area contributed by atoms with Crippen LogP contribution in [0.1, 0.15) is 5.56 Å². The number of nitrogens with zero attached hydrogens (tertiary/aromatic N) is 4. The predicted octanol–water partition coefficient (Wildman–Crippen LogP) is 3.91. The van der Waals surface area contributed by atoms with Gasteiger partial charge in [0.2, 0.25) is 5.91 Å². The van der Waals surface area contributed by atoms with Crippen molar-refractivity contribution in [2.45, 2.75) is 11.6 Å². The summed E-state index contributed by atoms with van der Waals surface area (Å²) in [6.07, 6.45) is 0. The van der Waals surface area contributed by atoms with Crippen LogP contribution in [0, 0.1) is 0 Å². The second-order valence-corrected chi connectivity index (χ2v) is 7.95. The number of thiophene rings is 1. The highest BCUT2D eigenvalue weighted by molar-refractivity contribution is 7.99. The van der Waals surface area contributed by atoms with Crippen LogP contribution in [0.5, 0.6) is 0 Å². The van der Waals surface area contributed by atoms with E-state index in [9.17, 15) is 4.79 Å². The van der Waals surface area contributed by atoms with Crippen LogP contribution >= 0.6 is 34.7 Å². The minimum Gasteiger partial charge on any atom is -0.351 e. The molecule has 0 bridgehead atoms. The van der Waals surface area contributed by atoms with Crippen molar-refractivity contribution in [3.63, 3.8) is 0 Å². The average molecular weight is 416 g/mol. The monoisotopic (exact) mass is 415 g/mol. The molecule has 0 fully saturated rings. The molecule has 4 aromatic rings. The highest BCUT2D eigenvalue weighted by atomic mass is 35.5. The number of hydrogen-bond donors (Lipinski definition) is 1. The SMILES string of the molecule is O=C(CSc1ccc2nnc(-c3cccs3)n2n1)NCc1ccccc1Cl. The normalized spacial score (nSPS) is 11.0. The molecule has 0 aliphatic heterocycles. The fraction of sp³-hybridized carbons (Fsp3) is 0.111. The predicted molar refractivity (Wildman–Crippen MR) is 108 cm³/mol. The van der Waals surface area contributed by atoms with Crippen molar-refractivity contribution in [1.82, 2.24) is 25.1 Å². The van der Waals surface area contributed by atoms with Crippen LogP contribution < -0.4 is 5.32 Å². The lowest BCUT2D eigenvalue weighted by Gasteiger charge is -2.07. The minimum atomic E-state index is -0.0796. The van der Waals surface area contributed by atoms with Crippen LogP contribution in [0.2, 0.25) is 5.02 Å². The molecule has 0 atom stereocenters. The van der Waals surface area contributed by atoms with Gasteiger partial charge in [0.1, 0.15) is 5.03 Å². The third kappa shape index (κ3) is 4.13. The number of thioether (sulfide) groups is 1. The summed E-state index contributed by atoms with van der Waals surface area (Å²) in [7, 11) is 0. The van der Waals surface area contributed by atoms with Gasteiger partial charge in [-0.1, -0.05) is 47.6 Å². The zero-order valence-corrected chi connectivity index (χ0v) is 16.4. The van der Waals surface area contributed by atoms with E-state index < -0.39 is 0 Å². The van der Waals surface area contributed by atoms with Crippen LogP contribution in [-0.4, -0.2) is 31.5 Å². The van der Waals surface area contributed by atoms with Gasteiger partial charge >= 0.3 is 0 Å². The molecule has 136 valence electrons. The van der Waals surface area contributed by atoms with E-state index in [2.05, 4.69) is 20.6 Å². The lowest BCUT2D eigenvalue weighted by Crippen LogP contribution is -2.24. The van der Waals surface area contributed by atoms with Crippen LogP contribution in [0.15, 0.2) is 58.9 Å². The van der Waals surface area contributed by atoms with E-state index in [4.69, 9.17) is 11.6 Å². The molecule has 4 rings (SSSR count).